The molecule has 4 aromatic carbocycles. The molecule has 0 aliphatic rings. The van der Waals surface area contributed by atoms with E-state index >= 15 is 0 Å². The van der Waals surface area contributed by atoms with Gasteiger partial charge in [-0.1, -0.05) is 41.4 Å². The van der Waals surface area contributed by atoms with Crippen LogP contribution in [0.2, 0.25) is 10.0 Å². The minimum absolute atomic E-state index is 0.0474. The number of rotatable bonds is 8. The predicted molar refractivity (Wildman–Crippen MR) is 153 cm³/mol. The van der Waals surface area contributed by atoms with Gasteiger partial charge in [-0.25, -0.2) is 8.42 Å². The van der Waals surface area contributed by atoms with E-state index in [1.54, 1.807) is 24.3 Å². The van der Waals surface area contributed by atoms with Crippen molar-refractivity contribution in [2.75, 3.05) is 16.6 Å². The van der Waals surface area contributed by atoms with Gasteiger partial charge in [0.15, 0.2) is 6.61 Å². The molecule has 194 valence electrons. The second-order valence-electron chi connectivity index (χ2n) is 8.53. The molecular weight excluding hydrogens is 545 g/mol. The molecule has 0 aliphatic heterocycles. The summed E-state index contributed by atoms with van der Waals surface area (Å²) in [5.41, 5.74) is 3.24. The summed E-state index contributed by atoms with van der Waals surface area (Å²) >= 11 is 12.1. The highest BCUT2D eigenvalue weighted by atomic mass is 35.5. The SMILES string of the molecule is CCn1c2ccccc2c2cc(NC(=O)COc3ccc(S(=O)(=O)Nc4ccc(Cl)cc4)cc3Cl)ccc21. The van der Waals surface area contributed by atoms with E-state index < -0.39 is 10.0 Å². The monoisotopic (exact) mass is 567 g/mol. The quantitative estimate of drug-likeness (QED) is 0.212. The van der Waals surface area contributed by atoms with E-state index in [9.17, 15) is 13.2 Å². The van der Waals surface area contributed by atoms with E-state index in [-0.39, 0.29) is 28.2 Å². The number of nitrogens with one attached hydrogen (secondary N) is 2. The van der Waals surface area contributed by atoms with Gasteiger partial charge >= 0.3 is 0 Å². The van der Waals surface area contributed by atoms with Gasteiger partial charge in [-0.15, -0.1) is 0 Å². The molecule has 7 nitrogen and oxygen atoms in total. The van der Waals surface area contributed by atoms with Crippen molar-refractivity contribution in [2.24, 2.45) is 0 Å². The van der Waals surface area contributed by atoms with Crippen LogP contribution in [0.4, 0.5) is 11.4 Å². The number of aromatic nitrogens is 1. The maximum absolute atomic E-state index is 12.7. The molecular formula is C28H23Cl2N3O4S. The first kappa shape index (κ1) is 25.9. The van der Waals surface area contributed by atoms with Crippen molar-refractivity contribution < 1.29 is 17.9 Å². The number of nitrogens with zero attached hydrogens (tertiary/aromatic N) is 1. The molecule has 0 fully saturated rings. The standard InChI is InChI=1S/C28H23Cl2N3O4S/c1-2-33-25-6-4-3-5-22(25)23-15-20(11-13-26(23)33)31-28(34)17-37-27-14-12-21(16-24(27)30)38(35,36)32-19-9-7-18(29)8-10-19/h3-16,32H,2,17H2,1H3,(H,31,34). The molecule has 0 bridgehead atoms. The van der Waals surface area contributed by atoms with Crippen LogP contribution in [0.5, 0.6) is 5.75 Å². The van der Waals surface area contributed by atoms with E-state index in [1.807, 2.05) is 30.3 Å². The highest BCUT2D eigenvalue weighted by Gasteiger charge is 2.17. The summed E-state index contributed by atoms with van der Waals surface area (Å²) in [5, 5.41) is 5.57. The maximum Gasteiger partial charge on any atom is 0.262 e. The average molecular weight is 568 g/mol. The number of fused-ring (bicyclic) bond motifs is 3. The summed E-state index contributed by atoms with van der Waals surface area (Å²) < 4.78 is 35.7. The van der Waals surface area contributed by atoms with Crippen LogP contribution < -0.4 is 14.8 Å². The lowest BCUT2D eigenvalue weighted by molar-refractivity contribution is -0.118. The lowest BCUT2D eigenvalue weighted by Crippen LogP contribution is -2.20. The lowest BCUT2D eigenvalue weighted by atomic mass is 10.1. The zero-order chi connectivity index (χ0) is 26.9. The average Bonchev–Trinajstić information content (AvgIpc) is 3.22. The Morgan fingerprint density at radius 3 is 2.32 bits per heavy atom. The second kappa shape index (κ2) is 10.6. The van der Waals surface area contributed by atoms with Crippen LogP contribution in [-0.4, -0.2) is 25.5 Å². The molecule has 1 heterocycles. The fraction of sp³-hybridized carbons (Fsp3) is 0.107. The van der Waals surface area contributed by atoms with Crippen molar-refractivity contribution in [1.29, 1.82) is 0 Å². The summed E-state index contributed by atoms with van der Waals surface area (Å²) in [6.07, 6.45) is 0. The second-order valence-corrected chi connectivity index (χ2v) is 11.1. The minimum Gasteiger partial charge on any atom is -0.482 e. The van der Waals surface area contributed by atoms with Crippen molar-refractivity contribution in [3.63, 3.8) is 0 Å². The van der Waals surface area contributed by atoms with Crippen molar-refractivity contribution >= 4 is 72.3 Å². The summed E-state index contributed by atoms with van der Waals surface area (Å²) in [5.74, 6) is -0.186. The van der Waals surface area contributed by atoms with Crippen molar-refractivity contribution in [1.82, 2.24) is 4.57 Å². The van der Waals surface area contributed by atoms with E-state index in [2.05, 4.69) is 33.7 Å². The van der Waals surface area contributed by atoms with Crippen molar-refractivity contribution in [2.45, 2.75) is 18.4 Å². The largest absolute Gasteiger partial charge is 0.482 e. The number of carbonyl (C=O) groups excluding carboxylic acids is 1. The van der Waals surface area contributed by atoms with E-state index in [0.717, 1.165) is 28.4 Å². The van der Waals surface area contributed by atoms with Crippen molar-refractivity contribution in [3.05, 3.63) is 95.0 Å². The molecule has 5 rings (SSSR count). The van der Waals surface area contributed by atoms with E-state index in [0.29, 0.717) is 16.4 Å². The normalized spacial score (nSPS) is 11.6. The molecule has 0 radical (unpaired) electrons. The van der Waals surface area contributed by atoms with Crippen LogP contribution in [0, 0.1) is 0 Å². The number of para-hydroxylation sites is 1. The first-order chi connectivity index (χ1) is 18.2. The summed E-state index contributed by atoms with van der Waals surface area (Å²) in [4.78, 5) is 12.6. The number of aryl methyl sites for hydroxylation is 1. The van der Waals surface area contributed by atoms with Gasteiger partial charge in [-0.3, -0.25) is 9.52 Å². The van der Waals surface area contributed by atoms with Crippen LogP contribution in [0.15, 0.2) is 89.8 Å². The number of hydrogen-bond donors (Lipinski definition) is 2. The molecule has 0 atom stereocenters. The Balaban J connectivity index is 1.26. The molecule has 1 aromatic heterocycles. The number of sulfonamides is 1. The Bertz CT molecular complexity index is 1770. The molecule has 0 saturated heterocycles. The number of amides is 1. The number of halogens is 2. The number of hydrogen-bond acceptors (Lipinski definition) is 4. The lowest BCUT2D eigenvalue weighted by Gasteiger charge is -2.12. The Morgan fingerprint density at radius 2 is 1.58 bits per heavy atom. The third-order valence-electron chi connectivity index (χ3n) is 6.04. The summed E-state index contributed by atoms with van der Waals surface area (Å²) in [6, 6.07) is 24.2. The van der Waals surface area contributed by atoms with Gasteiger partial charge in [0.05, 0.1) is 9.92 Å². The Hall–Kier alpha value is -3.72. The molecule has 5 aromatic rings. The maximum atomic E-state index is 12.7. The summed E-state index contributed by atoms with van der Waals surface area (Å²) in [6.45, 7) is 2.63. The molecule has 38 heavy (non-hydrogen) atoms. The van der Waals surface area contributed by atoms with Gasteiger partial charge in [0.25, 0.3) is 15.9 Å². The van der Waals surface area contributed by atoms with Gasteiger partial charge in [-0.05, 0) is 73.7 Å². The van der Waals surface area contributed by atoms with Crippen molar-refractivity contribution in [3.8, 4) is 5.75 Å². The van der Waals surface area contributed by atoms with Crippen LogP contribution in [-0.2, 0) is 21.4 Å². The van der Waals surface area contributed by atoms with Crippen LogP contribution in [0.25, 0.3) is 21.8 Å². The first-order valence-corrected chi connectivity index (χ1v) is 14.0. The smallest absolute Gasteiger partial charge is 0.262 e. The predicted octanol–water partition coefficient (Wildman–Crippen LogP) is 6.94. The fourth-order valence-corrected chi connectivity index (χ4v) is 5.82. The van der Waals surface area contributed by atoms with Gasteiger partial charge in [0.2, 0.25) is 0 Å². The van der Waals surface area contributed by atoms with Gasteiger partial charge < -0.3 is 14.6 Å². The third kappa shape index (κ3) is 5.29. The molecule has 0 spiro atoms. The Morgan fingerprint density at radius 1 is 0.868 bits per heavy atom. The molecule has 0 aliphatic carbocycles. The highest BCUT2D eigenvalue weighted by molar-refractivity contribution is 7.92. The number of benzene rings is 4. The zero-order valence-electron chi connectivity index (χ0n) is 20.2. The van der Waals surface area contributed by atoms with Crippen LogP contribution in [0.3, 0.4) is 0 Å². The van der Waals surface area contributed by atoms with Crippen LogP contribution >= 0.6 is 23.2 Å². The molecule has 1 amide bonds. The topological polar surface area (TPSA) is 89.4 Å². The molecule has 2 N–H and O–H groups in total. The number of carbonyl (C=O) groups is 1. The van der Waals surface area contributed by atoms with E-state index in [4.69, 9.17) is 27.9 Å². The minimum atomic E-state index is -3.89. The number of anilines is 2. The first-order valence-electron chi connectivity index (χ1n) is 11.8. The fourth-order valence-electron chi connectivity index (χ4n) is 4.31. The molecule has 0 saturated carbocycles. The number of ether oxygens (including phenoxy) is 1. The highest BCUT2D eigenvalue weighted by Crippen LogP contribution is 2.31. The Kier molecular flexibility index (Phi) is 7.21. The molecule has 10 heteroatoms. The van der Waals surface area contributed by atoms with Gasteiger partial charge in [0, 0.05) is 44.7 Å². The van der Waals surface area contributed by atoms with Gasteiger partial charge in [0.1, 0.15) is 5.75 Å². The summed E-state index contributed by atoms with van der Waals surface area (Å²) in [7, 11) is -3.89. The van der Waals surface area contributed by atoms with E-state index in [1.165, 1.54) is 18.2 Å². The Labute approximate surface area is 230 Å². The van der Waals surface area contributed by atoms with Crippen LogP contribution in [0.1, 0.15) is 6.92 Å². The zero-order valence-corrected chi connectivity index (χ0v) is 22.6. The molecule has 0 unspecified atom stereocenters. The van der Waals surface area contributed by atoms with Gasteiger partial charge in [-0.2, -0.15) is 0 Å². The third-order valence-corrected chi connectivity index (χ3v) is 7.97.